The molecule has 0 bridgehead atoms. The van der Waals surface area contributed by atoms with Gasteiger partial charge in [0.25, 0.3) is 0 Å². The summed E-state index contributed by atoms with van der Waals surface area (Å²) in [5.74, 6) is -1.22. The first kappa shape index (κ1) is 13.6. The number of carbonyl (C=O) groups is 2. The average molecular weight is 284 g/mol. The molecule has 102 valence electrons. The molecule has 0 spiro atoms. The number of nitrogens with zero attached hydrogens (tertiary/aromatic N) is 2. The summed E-state index contributed by atoms with van der Waals surface area (Å²) in [6.07, 6.45) is 1.57. The van der Waals surface area contributed by atoms with Crippen LogP contribution in [0.3, 0.4) is 0 Å². The van der Waals surface area contributed by atoms with Gasteiger partial charge < -0.3 is 15.7 Å². The van der Waals surface area contributed by atoms with Crippen molar-refractivity contribution in [2.24, 2.45) is 11.7 Å². The Balaban J connectivity index is 2.24. The molecule has 1 unspecified atom stereocenters. The fraction of sp³-hybridized carbons (Fsp3) is 0.417. The highest BCUT2D eigenvalue weighted by Crippen LogP contribution is 2.24. The molecule has 3 N–H and O–H groups in total. The number of hydrogen-bond acceptors (Lipinski definition) is 4. The molecule has 1 aromatic rings. The average Bonchev–Trinajstić information content (AvgIpc) is 2.39. The van der Waals surface area contributed by atoms with E-state index in [2.05, 4.69) is 4.98 Å². The highest BCUT2D eigenvalue weighted by atomic mass is 35.5. The van der Waals surface area contributed by atoms with Gasteiger partial charge in [-0.2, -0.15) is 0 Å². The number of carboxylic acids is 1. The van der Waals surface area contributed by atoms with Gasteiger partial charge in [0.05, 0.1) is 10.9 Å². The Morgan fingerprint density at radius 2 is 2.21 bits per heavy atom. The Kier molecular flexibility index (Phi) is 3.90. The third-order valence-electron chi connectivity index (χ3n) is 3.18. The standard InChI is InChI=1S/C12H14ClN3O3/c13-8-3-4-9(15-10(8)12(18)19)16-5-1-2-7(6-16)11(14)17/h3-4,7H,1-2,5-6H2,(H2,14,17)(H,18,19). The van der Waals surface area contributed by atoms with Crippen molar-refractivity contribution in [3.63, 3.8) is 0 Å². The molecule has 0 aliphatic carbocycles. The summed E-state index contributed by atoms with van der Waals surface area (Å²) in [4.78, 5) is 28.1. The van der Waals surface area contributed by atoms with Gasteiger partial charge in [0.2, 0.25) is 5.91 Å². The summed E-state index contributed by atoms with van der Waals surface area (Å²) in [5, 5.41) is 9.09. The van der Waals surface area contributed by atoms with Crippen LogP contribution in [-0.2, 0) is 4.79 Å². The minimum absolute atomic E-state index is 0.0970. The lowest BCUT2D eigenvalue weighted by molar-refractivity contribution is -0.122. The first-order valence-electron chi connectivity index (χ1n) is 5.93. The molecule has 1 amide bonds. The largest absolute Gasteiger partial charge is 0.476 e. The zero-order valence-electron chi connectivity index (χ0n) is 10.2. The molecule has 1 saturated heterocycles. The Labute approximate surface area is 115 Å². The fourth-order valence-corrected chi connectivity index (χ4v) is 2.36. The van der Waals surface area contributed by atoms with E-state index >= 15 is 0 Å². The topological polar surface area (TPSA) is 96.5 Å². The van der Waals surface area contributed by atoms with E-state index in [4.69, 9.17) is 22.4 Å². The molecule has 0 radical (unpaired) electrons. The van der Waals surface area contributed by atoms with E-state index in [0.717, 1.165) is 19.4 Å². The highest BCUT2D eigenvalue weighted by Gasteiger charge is 2.25. The number of hydrogen-bond donors (Lipinski definition) is 2. The van der Waals surface area contributed by atoms with E-state index < -0.39 is 5.97 Å². The predicted octanol–water partition coefficient (Wildman–Crippen LogP) is 1.13. The second kappa shape index (κ2) is 5.44. The van der Waals surface area contributed by atoms with Crippen LogP contribution in [0.5, 0.6) is 0 Å². The monoisotopic (exact) mass is 283 g/mol. The van der Waals surface area contributed by atoms with Crippen LogP contribution in [0.15, 0.2) is 12.1 Å². The summed E-state index contributed by atoms with van der Waals surface area (Å²) < 4.78 is 0. The fourth-order valence-electron chi connectivity index (χ4n) is 2.18. The molecule has 1 aromatic heterocycles. The zero-order chi connectivity index (χ0) is 14.0. The minimum Gasteiger partial charge on any atom is -0.476 e. The maximum atomic E-state index is 11.2. The van der Waals surface area contributed by atoms with Crippen LogP contribution in [0.25, 0.3) is 0 Å². The van der Waals surface area contributed by atoms with Crippen LogP contribution in [0.1, 0.15) is 23.3 Å². The van der Waals surface area contributed by atoms with Crippen LogP contribution in [0, 0.1) is 5.92 Å². The number of rotatable bonds is 3. The first-order valence-corrected chi connectivity index (χ1v) is 6.31. The molecule has 2 heterocycles. The van der Waals surface area contributed by atoms with E-state index in [0.29, 0.717) is 12.4 Å². The number of anilines is 1. The molecule has 0 saturated carbocycles. The number of halogens is 1. The Morgan fingerprint density at radius 1 is 1.47 bits per heavy atom. The van der Waals surface area contributed by atoms with Crippen LogP contribution in [0.2, 0.25) is 5.02 Å². The summed E-state index contributed by atoms with van der Waals surface area (Å²) in [7, 11) is 0. The molecule has 1 atom stereocenters. The molecule has 0 aromatic carbocycles. The van der Waals surface area contributed by atoms with Gasteiger partial charge in [-0.25, -0.2) is 9.78 Å². The molecule has 1 aliphatic rings. The van der Waals surface area contributed by atoms with E-state index in [1.54, 1.807) is 6.07 Å². The summed E-state index contributed by atoms with van der Waals surface area (Å²) in [6.45, 7) is 1.18. The number of piperidine rings is 1. The van der Waals surface area contributed by atoms with Crippen molar-refractivity contribution in [2.75, 3.05) is 18.0 Å². The SMILES string of the molecule is NC(=O)C1CCCN(c2ccc(Cl)c(C(=O)O)n2)C1. The third kappa shape index (κ3) is 2.96. The van der Waals surface area contributed by atoms with Gasteiger partial charge >= 0.3 is 5.97 Å². The van der Waals surface area contributed by atoms with E-state index in [-0.39, 0.29) is 22.5 Å². The summed E-state index contributed by atoms with van der Waals surface area (Å²) in [6, 6.07) is 3.15. The van der Waals surface area contributed by atoms with Crippen LogP contribution in [-0.4, -0.2) is 35.1 Å². The van der Waals surface area contributed by atoms with Gasteiger partial charge in [0.15, 0.2) is 5.69 Å². The van der Waals surface area contributed by atoms with Crippen LogP contribution in [0.4, 0.5) is 5.82 Å². The Hall–Kier alpha value is -1.82. The molecular weight excluding hydrogens is 270 g/mol. The smallest absolute Gasteiger partial charge is 0.356 e. The summed E-state index contributed by atoms with van der Waals surface area (Å²) in [5.41, 5.74) is 5.13. The van der Waals surface area contributed by atoms with E-state index in [1.165, 1.54) is 6.07 Å². The van der Waals surface area contributed by atoms with Crippen molar-refractivity contribution in [3.8, 4) is 0 Å². The lowest BCUT2D eigenvalue weighted by Crippen LogP contribution is -2.41. The second-order valence-corrected chi connectivity index (χ2v) is 4.90. The number of aromatic nitrogens is 1. The van der Waals surface area contributed by atoms with Crippen LogP contribution < -0.4 is 10.6 Å². The molecule has 1 aliphatic heterocycles. The molecule has 2 rings (SSSR count). The number of carboxylic acid groups (broad SMARTS) is 1. The zero-order valence-corrected chi connectivity index (χ0v) is 10.9. The molecule has 19 heavy (non-hydrogen) atoms. The van der Waals surface area contributed by atoms with E-state index in [1.807, 2.05) is 4.90 Å². The van der Waals surface area contributed by atoms with Crippen molar-refractivity contribution < 1.29 is 14.7 Å². The number of pyridine rings is 1. The van der Waals surface area contributed by atoms with Gasteiger partial charge in [-0.1, -0.05) is 11.6 Å². The third-order valence-corrected chi connectivity index (χ3v) is 3.49. The number of nitrogens with two attached hydrogens (primary N) is 1. The molecule has 1 fully saturated rings. The minimum atomic E-state index is -1.17. The van der Waals surface area contributed by atoms with Gasteiger partial charge in [-0.3, -0.25) is 4.79 Å². The molecule has 6 nitrogen and oxygen atoms in total. The predicted molar refractivity (Wildman–Crippen MR) is 70.3 cm³/mol. The van der Waals surface area contributed by atoms with Gasteiger partial charge in [-0.05, 0) is 25.0 Å². The summed E-state index contributed by atoms with van der Waals surface area (Å²) >= 11 is 5.77. The van der Waals surface area contributed by atoms with Crippen molar-refractivity contribution in [1.82, 2.24) is 4.98 Å². The van der Waals surface area contributed by atoms with Crippen molar-refractivity contribution in [2.45, 2.75) is 12.8 Å². The maximum absolute atomic E-state index is 11.2. The van der Waals surface area contributed by atoms with Gasteiger partial charge in [-0.15, -0.1) is 0 Å². The number of aromatic carboxylic acids is 1. The lowest BCUT2D eigenvalue weighted by atomic mass is 9.97. The quantitative estimate of drug-likeness (QED) is 0.867. The Morgan fingerprint density at radius 3 is 2.84 bits per heavy atom. The van der Waals surface area contributed by atoms with Crippen molar-refractivity contribution in [1.29, 1.82) is 0 Å². The van der Waals surface area contributed by atoms with Crippen molar-refractivity contribution in [3.05, 3.63) is 22.8 Å². The number of primary amides is 1. The van der Waals surface area contributed by atoms with Gasteiger partial charge in [0, 0.05) is 13.1 Å². The number of amides is 1. The molecule has 7 heteroatoms. The lowest BCUT2D eigenvalue weighted by Gasteiger charge is -2.32. The number of carbonyl (C=O) groups excluding carboxylic acids is 1. The van der Waals surface area contributed by atoms with Crippen molar-refractivity contribution >= 4 is 29.3 Å². The Bertz CT molecular complexity index is 521. The molecular formula is C12H14ClN3O3. The van der Waals surface area contributed by atoms with Gasteiger partial charge in [0.1, 0.15) is 5.82 Å². The normalized spacial score (nSPS) is 19.2. The van der Waals surface area contributed by atoms with Crippen LogP contribution >= 0.6 is 11.6 Å². The second-order valence-electron chi connectivity index (χ2n) is 4.49. The maximum Gasteiger partial charge on any atom is 0.356 e. The first-order chi connectivity index (χ1) is 8.99. The van der Waals surface area contributed by atoms with E-state index in [9.17, 15) is 9.59 Å². The highest BCUT2D eigenvalue weighted by molar-refractivity contribution is 6.33.